The third kappa shape index (κ3) is 1.87. The lowest BCUT2D eigenvalue weighted by atomic mass is 10.1. The van der Waals surface area contributed by atoms with Crippen LogP contribution in [0.5, 0.6) is 0 Å². The number of oxazole rings is 1. The van der Waals surface area contributed by atoms with Crippen molar-refractivity contribution in [1.29, 1.82) is 0 Å². The number of aryl methyl sites for hydroxylation is 1. The SMILES string of the molecule is CNc1ncc(-c2ccc3c(c2)oc(=O)n3C)cn1. The van der Waals surface area contributed by atoms with Crippen LogP contribution >= 0.6 is 0 Å². The van der Waals surface area contributed by atoms with Gasteiger partial charge in [-0.25, -0.2) is 14.8 Å². The van der Waals surface area contributed by atoms with Crippen LogP contribution in [0, 0.1) is 0 Å². The molecule has 1 aromatic carbocycles. The summed E-state index contributed by atoms with van der Waals surface area (Å²) in [7, 11) is 3.44. The van der Waals surface area contributed by atoms with Gasteiger partial charge in [-0.15, -0.1) is 0 Å². The van der Waals surface area contributed by atoms with Gasteiger partial charge in [0.1, 0.15) is 0 Å². The fourth-order valence-corrected chi connectivity index (χ4v) is 1.92. The minimum Gasteiger partial charge on any atom is -0.408 e. The maximum Gasteiger partial charge on any atom is 0.419 e. The highest BCUT2D eigenvalue weighted by Crippen LogP contribution is 2.23. The molecule has 0 spiro atoms. The van der Waals surface area contributed by atoms with Crippen molar-refractivity contribution >= 4 is 17.0 Å². The molecule has 6 heteroatoms. The number of rotatable bonds is 2. The lowest BCUT2D eigenvalue weighted by molar-refractivity contribution is 0.528. The van der Waals surface area contributed by atoms with E-state index >= 15 is 0 Å². The third-order valence-corrected chi connectivity index (χ3v) is 3.00. The quantitative estimate of drug-likeness (QED) is 0.754. The Balaban J connectivity index is 2.11. The molecular formula is C13H12N4O2. The topological polar surface area (TPSA) is 73.0 Å². The number of hydrogen-bond acceptors (Lipinski definition) is 5. The smallest absolute Gasteiger partial charge is 0.408 e. The fourth-order valence-electron chi connectivity index (χ4n) is 1.92. The Morgan fingerprint density at radius 1 is 1.21 bits per heavy atom. The predicted octanol–water partition coefficient (Wildman–Crippen LogP) is 1.63. The average molecular weight is 256 g/mol. The summed E-state index contributed by atoms with van der Waals surface area (Å²) in [5.74, 6) is 0.199. The first-order valence-electron chi connectivity index (χ1n) is 5.79. The molecular weight excluding hydrogens is 244 g/mol. The molecule has 0 aliphatic heterocycles. The molecule has 2 aromatic heterocycles. The number of nitrogens with zero attached hydrogens (tertiary/aromatic N) is 3. The Bertz CT molecular complexity index is 787. The van der Waals surface area contributed by atoms with Gasteiger partial charge in [0.25, 0.3) is 0 Å². The highest BCUT2D eigenvalue weighted by molar-refractivity contribution is 5.80. The van der Waals surface area contributed by atoms with Crippen LogP contribution in [-0.4, -0.2) is 21.6 Å². The van der Waals surface area contributed by atoms with E-state index in [2.05, 4.69) is 15.3 Å². The van der Waals surface area contributed by atoms with Crippen LogP contribution in [0.3, 0.4) is 0 Å². The number of anilines is 1. The summed E-state index contributed by atoms with van der Waals surface area (Å²) in [5.41, 5.74) is 3.10. The molecule has 0 amide bonds. The van der Waals surface area contributed by atoms with E-state index in [-0.39, 0.29) is 5.76 Å². The average Bonchev–Trinajstić information content (AvgIpc) is 2.74. The minimum atomic E-state index is -0.367. The largest absolute Gasteiger partial charge is 0.419 e. The lowest BCUT2D eigenvalue weighted by Crippen LogP contribution is -2.08. The van der Waals surface area contributed by atoms with Crippen molar-refractivity contribution in [2.45, 2.75) is 0 Å². The van der Waals surface area contributed by atoms with Crippen LogP contribution in [0.2, 0.25) is 0 Å². The van der Waals surface area contributed by atoms with Crippen molar-refractivity contribution in [1.82, 2.24) is 14.5 Å². The van der Waals surface area contributed by atoms with Crippen molar-refractivity contribution in [3.63, 3.8) is 0 Å². The van der Waals surface area contributed by atoms with Gasteiger partial charge in [0.2, 0.25) is 5.95 Å². The van der Waals surface area contributed by atoms with Crippen LogP contribution in [0.25, 0.3) is 22.2 Å². The normalized spacial score (nSPS) is 10.8. The number of benzene rings is 1. The van der Waals surface area contributed by atoms with Gasteiger partial charge in [-0.1, -0.05) is 6.07 Å². The van der Waals surface area contributed by atoms with Crippen LogP contribution in [0.4, 0.5) is 5.95 Å². The molecule has 0 unspecified atom stereocenters. The van der Waals surface area contributed by atoms with Crippen molar-refractivity contribution in [3.8, 4) is 11.1 Å². The number of nitrogens with one attached hydrogen (secondary N) is 1. The highest BCUT2D eigenvalue weighted by atomic mass is 16.4. The molecule has 0 bridgehead atoms. The van der Waals surface area contributed by atoms with Gasteiger partial charge in [-0.2, -0.15) is 0 Å². The molecule has 0 fully saturated rings. The molecule has 3 rings (SSSR count). The monoisotopic (exact) mass is 256 g/mol. The lowest BCUT2D eigenvalue weighted by Gasteiger charge is -2.02. The molecule has 1 N–H and O–H groups in total. The molecule has 0 saturated heterocycles. The summed E-state index contributed by atoms with van der Waals surface area (Å²) in [4.78, 5) is 19.7. The second kappa shape index (κ2) is 4.24. The first kappa shape index (κ1) is 11.5. The summed E-state index contributed by atoms with van der Waals surface area (Å²) in [5, 5.41) is 2.86. The van der Waals surface area contributed by atoms with E-state index in [1.54, 1.807) is 26.5 Å². The molecule has 2 heterocycles. The Morgan fingerprint density at radius 3 is 2.63 bits per heavy atom. The zero-order valence-electron chi connectivity index (χ0n) is 10.5. The zero-order chi connectivity index (χ0) is 13.4. The fraction of sp³-hybridized carbons (Fsp3) is 0.154. The summed E-state index contributed by atoms with van der Waals surface area (Å²) < 4.78 is 6.63. The van der Waals surface area contributed by atoms with Gasteiger partial charge in [0.05, 0.1) is 5.52 Å². The second-order valence-corrected chi connectivity index (χ2v) is 4.15. The number of aromatic nitrogens is 3. The Labute approximate surface area is 108 Å². The molecule has 0 aliphatic rings. The summed E-state index contributed by atoms with van der Waals surface area (Å²) in [6.45, 7) is 0. The van der Waals surface area contributed by atoms with Gasteiger partial charge in [0.15, 0.2) is 5.58 Å². The predicted molar refractivity (Wildman–Crippen MR) is 72.0 cm³/mol. The molecule has 0 saturated carbocycles. The minimum absolute atomic E-state index is 0.367. The Morgan fingerprint density at radius 2 is 1.95 bits per heavy atom. The van der Waals surface area contributed by atoms with Crippen LogP contribution in [0.15, 0.2) is 39.8 Å². The van der Waals surface area contributed by atoms with E-state index in [0.717, 1.165) is 16.6 Å². The van der Waals surface area contributed by atoms with Crippen molar-refractivity contribution < 1.29 is 4.42 Å². The molecule has 3 aromatic rings. The van der Waals surface area contributed by atoms with Crippen LogP contribution in [-0.2, 0) is 7.05 Å². The van der Waals surface area contributed by atoms with Gasteiger partial charge < -0.3 is 9.73 Å². The van der Waals surface area contributed by atoms with Crippen molar-refractivity contribution in [3.05, 3.63) is 41.1 Å². The van der Waals surface area contributed by atoms with Crippen LogP contribution in [0.1, 0.15) is 0 Å². The van der Waals surface area contributed by atoms with E-state index in [4.69, 9.17) is 4.42 Å². The molecule has 96 valence electrons. The van der Waals surface area contributed by atoms with Crippen LogP contribution < -0.4 is 11.1 Å². The van der Waals surface area contributed by atoms with Crippen molar-refractivity contribution in [2.24, 2.45) is 7.05 Å². The first-order chi connectivity index (χ1) is 9.19. The van der Waals surface area contributed by atoms with E-state index in [9.17, 15) is 4.79 Å². The highest BCUT2D eigenvalue weighted by Gasteiger charge is 2.07. The van der Waals surface area contributed by atoms with E-state index in [1.807, 2.05) is 18.2 Å². The maximum absolute atomic E-state index is 11.4. The van der Waals surface area contributed by atoms with Gasteiger partial charge in [-0.05, 0) is 17.7 Å². The molecule has 0 radical (unpaired) electrons. The number of hydrogen-bond donors (Lipinski definition) is 1. The van der Waals surface area contributed by atoms with E-state index < -0.39 is 0 Å². The Kier molecular flexibility index (Phi) is 2.56. The molecule has 6 nitrogen and oxygen atoms in total. The first-order valence-corrected chi connectivity index (χ1v) is 5.79. The summed E-state index contributed by atoms with van der Waals surface area (Å²) >= 11 is 0. The standard InChI is InChI=1S/C13H12N4O2/c1-14-12-15-6-9(7-16-12)8-3-4-10-11(5-8)19-13(18)17(10)2/h3-7H,1-2H3,(H,14,15,16). The van der Waals surface area contributed by atoms with Crippen molar-refractivity contribution in [2.75, 3.05) is 12.4 Å². The number of fused-ring (bicyclic) bond motifs is 1. The Hall–Kier alpha value is -2.63. The second-order valence-electron chi connectivity index (χ2n) is 4.15. The molecule has 0 aliphatic carbocycles. The molecule has 19 heavy (non-hydrogen) atoms. The molecule has 0 atom stereocenters. The summed E-state index contributed by atoms with van der Waals surface area (Å²) in [6, 6.07) is 5.57. The summed E-state index contributed by atoms with van der Waals surface area (Å²) in [6.07, 6.45) is 3.45. The van der Waals surface area contributed by atoms with Gasteiger partial charge in [-0.3, -0.25) is 4.57 Å². The van der Waals surface area contributed by atoms with E-state index in [1.165, 1.54) is 4.57 Å². The van der Waals surface area contributed by atoms with E-state index in [0.29, 0.717) is 11.5 Å². The zero-order valence-corrected chi connectivity index (χ0v) is 10.5. The third-order valence-electron chi connectivity index (χ3n) is 3.00. The maximum atomic E-state index is 11.4. The van der Waals surface area contributed by atoms with Gasteiger partial charge in [0, 0.05) is 32.1 Å². The van der Waals surface area contributed by atoms with Gasteiger partial charge >= 0.3 is 5.76 Å².